The number of nitrogens with two attached hydrogens (primary N) is 1. The Morgan fingerprint density at radius 1 is 1.38 bits per heavy atom. The first-order valence-electron chi connectivity index (χ1n) is 4.87. The monoisotopic (exact) mass is 300 g/mol. The lowest BCUT2D eigenvalue weighted by Crippen LogP contribution is -2.32. The molecular weight excluding hydrogens is 288 g/mol. The Hall–Kier alpha value is -0.940. The highest BCUT2D eigenvalue weighted by molar-refractivity contribution is 9.10. The second-order valence-electron chi connectivity index (χ2n) is 3.37. The average Bonchev–Trinajstić information content (AvgIpc) is 2.25. The van der Waals surface area contributed by atoms with Gasteiger partial charge in [-0.1, -0.05) is 40.3 Å². The molecule has 0 heterocycles. The van der Waals surface area contributed by atoms with Crippen LogP contribution < -0.4 is 11.1 Å². The molecule has 0 aromatic heterocycles. The summed E-state index contributed by atoms with van der Waals surface area (Å²) < 4.78 is 1.04. The van der Waals surface area contributed by atoms with Crippen molar-refractivity contribution in [1.82, 2.24) is 5.32 Å². The fraction of sp³-hybridized carbons (Fsp3) is 0.273. The van der Waals surface area contributed by atoms with Gasteiger partial charge in [-0.05, 0) is 24.1 Å². The lowest BCUT2D eigenvalue weighted by Gasteiger charge is -2.04. The van der Waals surface area contributed by atoms with Crippen molar-refractivity contribution in [3.63, 3.8) is 0 Å². The van der Waals surface area contributed by atoms with Crippen molar-refractivity contribution in [3.05, 3.63) is 34.3 Å². The topological polar surface area (TPSA) is 55.1 Å². The minimum atomic E-state index is -0.0317. The number of thiocarbonyl (C=S) groups is 1. The lowest BCUT2D eigenvalue weighted by molar-refractivity contribution is -0.120. The van der Waals surface area contributed by atoms with Crippen LogP contribution in [0.5, 0.6) is 0 Å². The summed E-state index contributed by atoms with van der Waals surface area (Å²) in [6.07, 6.45) is 1.17. The molecule has 0 radical (unpaired) electrons. The Morgan fingerprint density at radius 3 is 2.56 bits per heavy atom. The first kappa shape index (κ1) is 13.1. The van der Waals surface area contributed by atoms with Crippen molar-refractivity contribution in [2.24, 2.45) is 5.73 Å². The Balaban J connectivity index is 2.31. The van der Waals surface area contributed by atoms with Crippen molar-refractivity contribution >= 4 is 39.0 Å². The van der Waals surface area contributed by atoms with Crippen LogP contribution >= 0.6 is 28.1 Å². The van der Waals surface area contributed by atoms with Gasteiger partial charge in [-0.15, -0.1) is 0 Å². The SMILES string of the molecule is NC(=S)CNC(=O)CCc1ccc(Br)cc1. The third-order valence-corrected chi connectivity index (χ3v) is 2.69. The van der Waals surface area contributed by atoms with Gasteiger partial charge < -0.3 is 11.1 Å². The maximum Gasteiger partial charge on any atom is 0.220 e. The van der Waals surface area contributed by atoms with Crippen molar-refractivity contribution in [2.75, 3.05) is 6.54 Å². The average molecular weight is 301 g/mol. The van der Waals surface area contributed by atoms with Crippen LogP contribution in [0.15, 0.2) is 28.7 Å². The van der Waals surface area contributed by atoms with Gasteiger partial charge in [0, 0.05) is 10.9 Å². The molecule has 0 aliphatic carbocycles. The fourth-order valence-electron chi connectivity index (χ4n) is 1.18. The highest BCUT2D eigenvalue weighted by atomic mass is 79.9. The minimum Gasteiger partial charge on any atom is -0.392 e. The molecule has 0 aliphatic heterocycles. The van der Waals surface area contributed by atoms with Crippen molar-refractivity contribution in [1.29, 1.82) is 0 Å². The second-order valence-corrected chi connectivity index (χ2v) is 4.81. The number of amides is 1. The van der Waals surface area contributed by atoms with E-state index in [2.05, 4.69) is 33.5 Å². The Labute approximate surface area is 109 Å². The van der Waals surface area contributed by atoms with Gasteiger partial charge in [0.15, 0.2) is 0 Å². The van der Waals surface area contributed by atoms with E-state index < -0.39 is 0 Å². The minimum absolute atomic E-state index is 0.0317. The van der Waals surface area contributed by atoms with Crippen LogP contribution in [0.1, 0.15) is 12.0 Å². The summed E-state index contributed by atoms with van der Waals surface area (Å²) >= 11 is 8.02. The van der Waals surface area contributed by atoms with Gasteiger partial charge in [0.05, 0.1) is 11.5 Å². The van der Waals surface area contributed by atoms with Crippen LogP contribution in [0.2, 0.25) is 0 Å². The molecule has 3 nitrogen and oxygen atoms in total. The van der Waals surface area contributed by atoms with Crippen LogP contribution in [0.3, 0.4) is 0 Å². The molecule has 5 heteroatoms. The maximum absolute atomic E-state index is 11.4. The number of hydrogen-bond donors (Lipinski definition) is 2. The summed E-state index contributed by atoms with van der Waals surface area (Å²) in [6.45, 7) is 0.272. The molecule has 1 aromatic carbocycles. The summed E-state index contributed by atoms with van der Waals surface area (Å²) in [4.78, 5) is 11.7. The second kappa shape index (κ2) is 6.60. The predicted molar refractivity (Wildman–Crippen MR) is 72.3 cm³/mol. The number of carbonyl (C=O) groups excluding carboxylic acids is 1. The number of hydrogen-bond acceptors (Lipinski definition) is 2. The van der Waals surface area contributed by atoms with Crippen LogP contribution in [0.4, 0.5) is 0 Å². The van der Waals surface area contributed by atoms with E-state index in [1.165, 1.54) is 0 Å². The number of carbonyl (C=O) groups is 1. The molecule has 1 amide bonds. The highest BCUT2D eigenvalue weighted by Gasteiger charge is 2.02. The van der Waals surface area contributed by atoms with Crippen LogP contribution in [0, 0.1) is 0 Å². The first-order chi connectivity index (χ1) is 7.58. The Morgan fingerprint density at radius 2 is 2.00 bits per heavy atom. The fourth-order valence-corrected chi connectivity index (χ4v) is 1.52. The van der Waals surface area contributed by atoms with Gasteiger partial charge in [0.1, 0.15) is 0 Å². The van der Waals surface area contributed by atoms with E-state index in [0.29, 0.717) is 11.4 Å². The molecule has 0 atom stereocenters. The molecule has 3 N–H and O–H groups in total. The summed E-state index contributed by atoms with van der Waals surface area (Å²) in [5.74, 6) is -0.0317. The van der Waals surface area contributed by atoms with Crippen LogP contribution in [-0.2, 0) is 11.2 Å². The molecule has 1 aromatic rings. The Bertz CT molecular complexity index is 378. The summed E-state index contributed by atoms with van der Waals surface area (Å²) in [7, 11) is 0. The third kappa shape index (κ3) is 5.23. The standard InChI is InChI=1S/C11H13BrN2OS/c12-9-4-1-8(2-5-9)3-6-11(15)14-7-10(13)16/h1-2,4-5H,3,6-7H2,(H2,13,16)(H,14,15). The molecule has 16 heavy (non-hydrogen) atoms. The zero-order valence-corrected chi connectivity index (χ0v) is 11.1. The number of halogens is 1. The van der Waals surface area contributed by atoms with Gasteiger partial charge in [0.25, 0.3) is 0 Å². The number of aryl methyl sites for hydroxylation is 1. The van der Waals surface area contributed by atoms with Gasteiger partial charge in [-0.2, -0.15) is 0 Å². The van der Waals surface area contributed by atoms with E-state index in [1.807, 2.05) is 24.3 Å². The smallest absolute Gasteiger partial charge is 0.220 e. The van der Waals surface area contributed by atoms with Crippen molar-refractivity contribution < 1.29 is 4.79 Å². The summed E-state index contributed by atoms with van der Waals surface area (Å²) in [5, 5.41) is 2.65. The number of nitrogens with one attached hydrogen (secondary N) is 1. The normalized spacial score (nSPS) is 9.81. The third-order valence-electron chi connectivity index (χ3n) is 2.01. The van der Waals surface area contributed by atoms with E-state index in [-0.39, 0.29) is 12.5 Å². The summed E-state index contributed by atoms with van der Waals surface area (Å²) in [6, 6.07) is 7.90. The first-order valence-corrected chi connectivity index (χ1v) is 6.07. The number of rotatable bonds is 5. The zero-order chi connectivity index (χ0) is 12.0. The van der Waals surface area contributed by atoms with Crippen molar-refractivity contribution in [2.45, 2.75) is 12.8 Å². The van der Waals surface area contributed by atoms with Gasteiger partial charge >= 0.3 is 0 Å². The van der Waals surface area contributed by atoms with E-state index >= 15 is 0 Å². The predicted octanol–water partition coefficient (Wildman–Crippen LogP) is 1.78. The van der Waals surface area contributed by atoms with E-state index in [4.69, 9.17) is 5.73 Å². The molecular formula is C11H13BrN2OS. The molecule has 0 unspecified atom stereocenters. The molecule has 0 fully saturated rings. The highest BCUT2D eigenvalue weighted by Crippen LogP contribution is 2.11. The summed E-state index contributed by atoms with van der Waals surface area (Å²) in [5.41, 5.74) is 6.41. The van der Waals surface area contributed by atoms with E-state index in [9.17, 15) is 4.79 Å². The van der Waals surface area contributed by atoms with Crippen LogP contribution in [-0.4, -0.2) is 17.4 Å². The largest absolute Gasteiger partial charge is 0.392 e. The molecule has 0 saturated heterocycles. The van der Waals surface area contributed by atoms with Crippen molar-refractivity contribution in [3.8, 4) is 0 Å². The van der Waals surface area contributed by atoms with Gasteiger partial charge in [-0.3, -0.25) is 4.79 Å². The maximum atomic E-state index is 11.4. The molecule has 1 rings (SSSR count). The molecule has 86 valence electrons. The van der Waals surface area contributed by atoms with E-state index in [1.54, 1.807) is 0 Å². The Kier molecular flexibility index (Phi) is 5.42. The zero-order valence-electron chi connectivity index (χ0n) is 8.70. The molecule has 0 bridgehead atoms. The number of benzene rings is 1. The van der Waals surface area contributed by atoms with Crippen LogP contribution in [0.25, 0.3) is 0 Å². The van der Waals surface area contributed by atoms with Gasteiger partial charge in [-0.25, -0.2) is 0 Å². The quantitative estimate of drug-likeness (QED) is 0.815. The lowest BCUT2D eigenvalue weighted by atomic mass is 10.1. The molecule has 0 spiro atoms. The van der Waals surface area contributed by atoms with E-state index in [0.717, 1.165) is 16.5 Å². The molecule has 0 saturated carbocycles. The van der Waals surface area contributed by atoms with Gasteiger partial charge in [0.2, 0.25) is 5.91 Å². The molecule has 0 aliphatic rings.